The highest BCUT2D eigenvalue weighted by atomic mass is 35.5. The Kier molecular flexibility index (Phi) is 5.98. The van der Waals surface area contributed by atoms with E-state index in [2.05, 4.69) is 5.32 Å². The molecule has 0 unspecified atom stereocenters. The zero-order valence-electron chi connectivity index (χ0n) is 13.8. The molecule has 3 fully saturated rings. The van der Waals surface area contributed by atoms with E-state index in [0.717, 1.165) is 32.4 Å². The minimum absolute atomic E-state index is 0. The smallest absolute Gasteiger partial charge is 0.230 e. The van der Waals surface area contributed by atoms with E-state index in [1.165, 1.54) is 10.7 Å². The summed E-state index contributed by atoms with van der Waals surface area (Å²) >= 11 is 0. The van der Waals surface area contributed by atoms with Gasteiger partial charge in [-0.05, 0) is 32.2 Å². The van der Waals surface area contributed by atoms with E-state index in [1.54, 1.807) is 6.92 Å². The van der Waals surface area contributed by atoms with Gasteiger partial charge in [0, 0.05) is 32.7 Å². The molecule has 1 N–H and O–H groups in total. The van der Waals surface area contributed by atoms with Crippen LogP contribution in [0.5, 0.6) is 0 Å². The van der Waals surface area contributed by atoms with E-state index in [4.69, 9.17) is 0 Å². The van der Waals surface area contributed by atoms with Crippen LogP contribution in [0.15, 0.2) is 0 Å². The summed E-state index contributed by atoms with van der Waals surface area (Å²) < 4.78 is 25.4. The van der Waals surface area contributed by atoms with Crippen molar-refractivity contribution in [2.24, 2.45) is 11.3 Å². The Morgan fingerprint density at radius 1 is 1.22 bits per heavy atom. The van der Waals surface area contributed by atoms with E-state index in [0.29, 0.717) is 32.1 Å². The predicted molar refractivity (Wildman–Crippen MR) is 92.1 cm³/mol. The van der Waals surface area contributed by atoms with Crippen LogP contribution in [0.25, 0.3) is 0 Å². The van der Waals surface area contributed by atoms with Crippen LogP contribution in [0, 0.1) is 11.3 Å². The van der Waals surface area contributed by atoms with Crippen LogP contribution >= 0.6 is 12.4 Å². The van der Waals surface area contributed by atoms with Gasteiger partial charge in [0.15, 0.2) is 0 Å². The molecule has 0 radical (unpaired) electrons. The van der Waals surface area contributed by atoms with Crippen molar-refractivity contribution in [2.45, 2.75) is 32.6 Å². The number of hydrogen-bond donors (Lipinski definition) is 1. The molecule has 3 aliphatic rings. The summed E-state index contributed by atoms with van der Waals surface area (Å²) in [4.78, 5) is 15.0. The number of nitrogens with one attached hydrogen (secondary N) is 1. The van der Waals surface area contributed by atoms with Crippen molar-refractivity contribution in [3.05, 3.63) is 0 Å². The van der Waals surface area contributed by atoms with Crippen LogP contribution in [-0.2, 0) is 14.8 Å². The van der Waals surface area contributed by atoms with E-state index in [9.17, 15) is 13.2 Å². The van der Waals surface area contributed by atoms with Crippen LogP contribution in [0.3, 0.4) is 0 Å². The number of fused-ring (bicyclic) bond motifs is 1. The third-order valence-electron chi connectivity index (χ3n) is 5.75. The lowest BCUT2D eigenvalue weighted by molar-refractivity contribution is -0.146. The second-order valence-corrected chi connectivity index (χ2v) is 9.08. The molecule has 2 saturated heterocycles. The Balaban J connectivity index is 0.00000192. The summed E-state index contributed by atoms with van der Waals surface area (Å²) in [5, 5.41) is 3.41. The van der Waals surface area contributed by atoms with Crippen molar-refractivity contribution in [1.29, 1.82) is 0 Å². The Bertz CT molecular complexity index is 534. The van der Waals surface area contributed by atoms with Gasteiger partial charge in [0.05, 0.1) is 11.2 Å². The van der Waals surface area contributed by atoms with Gasteiger partial charge in [-0.15, -0.1) is 12.4 Å². The number of rotatable bonds is 3. The van der Waals surface area contributed by atoms with E-state index < -0.39 is 10.0 Å². The molecule has 0 aromatic rings. The van der Waals surface area contributed by atoms with Crippen LogP contribution < -0.4 is 5.32 Å². The summed E-state index contributed by atoms with van der Waals surface area (Å²) in [7, 11) is -3.13. The van der Waals surface area contributed by atoms with Crippen LogP contribution in [0.2, 0.25) is 0 Å². The van der Waals surface area contributed by atoms with Crippen LogP contribution in [0.1, 0.15) is 32.6 Å². The quantitative estimate of drug-likeness (QED) is 0.798. The molecule has 1 amide bonds. The van der Waals surface area contributed by atoms with Gasteiger partial charge in [-0.3, -0.25) is 4.79 Å². The summed E-state index contributed by atoms with van der Waals surface area (Å²) in [6, 6.07) is 0. The van der Waals surface area contributed by atoms with E-state index >= 15 is 0 Å². The average molecular weight is 366 g/mol. The largest absolute Gasteiger partial charge is 0.340 e. The SMILES string of the molecule is CCS(=O)(=O)N1CCN(C(=O)[C@@]23CCCC[C@H]2CNC3)CC1.Cl. The maximum absolute atomic E-state index is 13.1. The molecule has 6 nitrogen and oxygen atoms in total. The molecule has 2 atom stereocenters. The number of halogens is 1. The van der Waals surface area contributed by atoms with Crippen molar-refractivity contribution in [1.82, 2.24) is 14.5 Å². The van der Waals surface area contributed by atoms with E-state index in [1.807, 2.05) is 4.90 Å². The molecule has 1 saturated carbocycles. The van der Waals surface area contributed by atoms with Gasteiger partial charge < -0.3 is 10.2 Å². The number of carbonyl (C=O) groups excluding carboxylic acids is 1. The topological polar surface area (TPSA) is 69.7 Å². The van der Waals surface area contributed by atoms with Crippen molar-refractivity contribution >= 4 is 28.3 Å². The molecule has 2 aliphatic heterocycles. The molecule has 2 heterocycles. The first-order valence-electron chi connectivity index (χ1n) is 8.47. The molecule has 3 rings (SSSR count). The zero-order chi connectivity index (χ0) is 15.8. The Morgan fingerprint density at radius 2 is 1.91 bits per heavy atom. The third-order valence-corrected chi connectivity index (χ3v) is 7.63. The van der Waals surface area contributed by atoms with Gasteiger partial charge in [0.25, 0.3) is 0 Å². The lowest BCUT2D eigenvalue weighted by Crippen LogP contribution is -2.56. The number of hydrogen-bond acceptors (Lipinski definition) is 4. The fourth-order valence-corrected chi connectivity index (χ4v) is 5.42. The minimum atomic E-state index is -3.13. The first kappa shape index (κ1) is 19.0. The van der Waals surface area contributed by atoms with Crippen molar-refractivity contribution in [3.63, 3.8) is 0 Å². The summed E-state index contributed by atoms with van der Waals surface area (Å²) in [5.74, 6) is 0.860. The Hall–Kier alpha value is -0.370. The molecule has 0 aromatic heterocycles. The molecule has 8 heteroatoms. The highest BCUT2D eigenvalue weighted by Crippen LogP contribution is 2.45. The Morgan fingerprint density at radius 3 is 2.57 bits per heavy atom. The molecule has 0 bridgehead atoms. The second-order valence-electron chi connectivity index (χ2n) is 6.82. The second kappa shape index (κ2) is 7.25. The summed E-state index contributed by atoms with van der Waals surface area (Å²) in [6.45, 7) is 5.37. The van der Waals surface area contributed by atoms with E-state index in [-0.39, 0.29) is 29.5 Å². The molecule has 0 spiro atoms. The molecule has 0 aromatic carbocycles. The average Bonchev–Trinajstić information content (AvgIpc) is 2.99. The Labute approximate surface area is 145 Å². The van der Waals surface area contributed by atoms with Crippen molar-refractivity contribution < 1.29 is 13.2 Å². The standard InChI is InChI=1S/C15H27N3O3S.ClH/c1-2-22(20,21)18-9-7-17(8-10-18)14(19)15-6-4-3-5-13(15)11-16-12-15;/h13,16H,2-12H2,1H3;1H/t13-,15+;/m0./s1. The fraction of sp³-hybridized carbons (Fsp3) is 0.933. The lowest BCUT2D eigenvalue weighted by atomic mass is 9.67. The summed E-state index contributed by atoms with van der Waals surface area (Å²) in [6.07, 6.45) is 4.48. The van der Waals surface area contributed by atoms with Crippen LogP contribution in [-0.4, -0.2) is 68.6 Å². The van der Waals surface area contributed by atoms with Crippen molar-refractivity contribution in [2.75, 3.05) is 45.0 Å². The highest BCUT2D eigenvalue weighted by molar-refractivity contribution is 7.89. The number of nitrogens with zero attached hydrogens (tertiary/aromatic N) is 2. The van der Waals surface area contributed by atoms with Gasteiger partial charge in [-0.25, -0.2) is 8.42 Å². The molecular weight excluding hydrogens is 338 g/mol. The maximum atomic E-state index is 13.1. The fourth-order valence-electron chi connectivity index (χ4n) is 4.34. The number of amides is 1. The third kappa shape index (κ3) is 3.38. The monoisotopic (exact) mass is 365 g/mol. The van der Waals surface area contributed by atoms with Gasteiger partial charge in [-0.1, -0.05) is 12.8 Å². The van der Waals surface area contributed by atoms with Gasteiger partial charge in [0.2, 0.25) is 15.9 Å². The van der Waals surface area contributed by atoms with Gasteiger partial charge in [-0.2, -0.15) is 4.31 Å². The minimum Gasteiger partial charge on any atom is -0.340 e. The maximum Gasteiger partial charge on any atom is 0.230 e. The first-order valence-corrected chi connectivity index (χ1v) is 10.1. The van der Waals surface area contributed by atoms with Gasteiger partial charge in [0.1, 0.15) is 0 Å². The molecule has 134 valence electrons. The van der Waals surface area contributed by atoms with Crippen molar-refractivity contribution in [3.8, 4) is 0 Å². The first-order chi connectivity index (χ1) is 10.5. The number of sulfonamides is 1. The predicted octanol–water partition coefficient (Wildman–Crippen LogP) is 0.682. The zero-order valence-corrected chi connectivity index (χ0v) is 15.4. The van der Waals surface area contributed by atoms with Gasteiger partial charge >= 0.3 is 0 Å². The van der Waals surface area contributed by atoms with Crippen LogP contribution in [0.4, 0.5) is 0 Å². The summed E-state index contributed by atoms with van der Waals surface area (Å²) in [5.41, 5.74) is -0.218. The molecule has 1 aliphatic carbocycles. The lowest BCUT2D eigenvalue weighted by Gasteiger charge is -2.43. The number of piperazine rings is 1. The number of carbonyl (C=O) groups is 1. The molecular formula is C15H28ClN3O3S. The normalized spacial score (nSPS) is 32.2. The highest BCUT2D eigenvalue weighted by Gasteiger charge is 2.51. The molecule has 23 heavy (non-hydrogen) atoms.